The van der Waals surface area contributed by atoms with Crippen LogP contribution in [0.5, 0.6) is 0 Å². The van der Waals surface area contributed by atoms with Gasteiger partial charge in [0.2, 0.25) is 0 Å². The van der Waals surface area contributed by atoms with Crippen molar-refractivity contribution in [2.45, 2.75) is 13.3 Å². The van der Waals surface area contributed by atoms with Crippen LogP contribution in [0, 0.1) is 6.92 Å². The normalized spacial score (nSPS) is 11.1. The average molecular weight is 268 g/mol. The van der Waals surface area contributed by atoms with Crippen molar-refractivity contribution in [3.8, 4) is 11.1 Å². The van der Waals surface area contributed by atoms with E-state index in [1.165, 1.54) is 21.4 Å². The summed E-state index contributed by atoms with van der Waals surface area (Å²) in [6.07, 6.45) is 0.935. The lowest BCUT2D eigenvalue weighted by Gasteiger charge is -2.04. The molecule has 0 fully saturated rings. The highest BCUT2D eigenvalue weighted by atomic mass is 32.1. The van der Waals surface area contributed by atoms with Crippen LogP contribution in [0.1, 0.15) is 10.6 Å². The highest BCUT2D eigenvalue weighted by molar-refractivity contribution is 7.18. The number of benzene rings is 2. The van der Waals surface area contributed by atoms with Gasteiger partial charge in [0, 0.05) is 0 Å². The van der Waals surface area contributed by atoms with E-state index in [0.29, 0.717) is 6.54 Å². The van der Waals surface area contributed by atoms with Crippen molar-refractivity contribution in [3.63, 3.8) is 0 Å². The fraction of sp³-hybridized carbons (Fsp3) is 0.188. The van der Waals surface area contributed by atoms with E-state index < -0.39 is 0 Å². The maximum atomic E-state index is 5.57. The lowest BCUT2D eigenvalue weighted by atomic mass is 10.0. The Morgan fingerprint density at radius 3 is 2.53 bits per heavy atom. The van der Waals surface area contributed by atoms with Crippen molar-refractivity contribution in [1.82, 2.24) is 4.98 Å². The second-order valence-corrected chi connectivity index (χ2v) is 5.89. The molecule has 0 atom stereocenters. The van der Waals surface area contributed by atoms with Crippen LogP contribution in [0.4, 0.5) is 0 Å². The molecule has 0 spiro atoms. The van der Waals surface area contributed by atoms with E-state index in [1.807, 2.05) is 6.92 Å². The first-order valence-corrected chi connectivity index (χ1v) is 7.24. The third kappa shape index (κ3) is 2.53. The Bertz CT molecular complexity index is 698. The minimum absolute atomic E-state index is 0.698. The van der Waals surface area contributed by atoms with Crippen LogP contribution in [0.15, 0.2) is 42.5 Å². The van der Waals surface area contributed by atoms with Crippen LogP contribution in [-0.2, 0) is 6.42 Å². The van der Waals surface area contributed by atoms with Gasteiger partial charge >= 0.3 is 0 Å². The fourth-order valence-electron chi connectivity index (χ4n) is 2.25. The lowest BCUT2D eigenvalue weighted by molar-refractivity contribution is 0.969. The molecule has 19 heavy (non-hydrogen) atoms. The topological polar surface area (TPSA) is 38.9 Å². The molecule has 2 N–H and O–H groups in total. The second kappa shape index (κ2) is 5.11. The molecule has 2 nitrogen and oxygen atoms in total. The lowest BCUT2D eigenvalue weighted by Crippen LogP contribution is -2.02. The quantitative estimate of drug-likeness (QED) is 0.785. The van der Waals surface area contributed by atoms with Crippen molar-refractivity contribution in [2.24, 2.45) is 5.73 Å². The second-order valence-electron chi connectivity index (χ2n) is 4.65. The number of thiazole rings is 1. The van der Waals surface area contributed by atoms with Gasteiger partial charge < -0.3 is 5.73 Å². The van der Waals surface area contributed by atoms with Crippen LogP contribution in [0.2, 0.25) is 0 Å². The largest absolute Gasteiger partial charge is 0.330 e. The maximum absolute atomic E-state index is 5.57. The molecule has 0 unspecified atom stereocenters. The molecule has 1 heterocycles. The number of aryl methyl sites for hydroxylation is 1. The summed E-state index contributed by atoms with van der Waals surface area (Å²) in [4.78, 5) is 4.55. The van der Waals surface area contributed by atoms with Gasteiger partial charge in [0.05, 0.1) is 15.2 Å². The van der Waals surface area contributed by atoms with Crippen molar-refractivity contribution < 1.29 is 0 Å². The van der Waals surface area contributed by atoms with Crippen molar-refractivity contribution in [2.75, 3.05) is 6.54 Å². The Labute approximate surface area is 116 Å². The number of rotatable bonds is 3. The van der Waals surface area contributed by atoms with E-state index in [4.69, 9.17) is 5.73 Å². The number of nitrogens with two attached hydrogens (primary N) is 1. The molecule has 0 saturated heterocycles. The molecule has 3 aromatic rings. The average Bonchev–Trinajstić information content (AvgIpc) is 2.79. The summed E-state index contributed by atoms with van der Waals surface area (Å²) >= 11 is 1.74. The number of aromatic nitrogens is 1. The van der Waals surface area contributed by atoms with Crippen LogP contribution in [0.25, 0.3) is 21.3 Å². The SMILES string of the molecule is Cc1nc2cc(-c3ccc(CCN)cc3)ccc2s1. The Morgan fingerprint density at radius 2 is 1.79 bits per heavy atom. The third-order valence-corrected chi connectivity index (χ3v) is 4.17. The van der Waals surface area contributed by atoms with Crippen LogP contribution < -0.4 is 5.73 Å². The summed E-state index contributed by atoms with van der Waals surface area (Å²) < 4.78 is 1.25. The number of hydrogen-bond donors (Lipinski definition) is 1. The van der Waals surface area contributed by atoms with Crippen LogP contribution in [-0.4, -0.2) is 11.5 Å². The number of hydrogen-bond acceptors (Lipinski definition) is 3. The first-order valence-electron chi connectivity index (χ1n) is 6.43. The molecule has 3 rings (SSSR count). The molecule has 0 aliphatic heterocycles. The Morgan fingerprint density at radius 1 is 1.05 bits per heavy atom. The van der Waals surface area contributed by atoms with Gasteiger partial charge in [-0.15, -0.1) is 11.3 Å². The summed E-state index contributed by atoms with van der Waals surface area (Å²) in [5, 5.41) is 1.12. The molecule has 0 aliphatic rings. The summed E-state index contributed by atoms with van der Waals surface area (Å²) in [7, 11) is 0. The molecule has 0 saturated carbocycles. The van der Waals surface area contributed by atoms with E-state index in [0.717, 1.165) is 16.9 Å². The zero-order valence-corrected chi connectivity index (χ0v) is 11.7. The van der Waals surface area contributed by atoms with Gasteiger partial charge in [0.15, 0.2) is 0 Å². The first-order chi connectivity index (χ1) is 9.26. The molecule has 3 heteroatoms. The van der Waals surface area contributed by atoms with Gasteiger partial charge in [-0.05, 0) is 48.7 Å². The highest BCUT2D eigenvalue weighted by Gasteiger charge is 2.03. The van der Waals surface area contributed by atoms with Gasteiger partial charge in [-0.1, -0.05) is 30.3 Å². The van der Waals surface area contributed by atoms with Gasteiger partial charge in [-0.3, -0.25) is 0 Å². The Balaban J connectivity index is 1.98. The van der Waals surface area contributed by atoms with Gasteiger partial charge in [-0.25, -0.2) is 4.98 Å². The van der Waals surface area contributed by atoms with Crippen molar-refractivity contribution in [3.05, 3.63) is 53.0 Å². The zero-order valence-electron chi connectivity index (χ0n) is 10.9. The predicted octanol–water partition coefficient (Wildman–Crippen LogP) is 3.77. The molecule has 2 aromatic carbocycles. The van der Waals surface area contributed by atoms with E-state index in [2.05, 4.69) is 47.4 Å². The van der Waals surface area contributed by atoms with Gasteiger partial charge in [-0.2, -0.15) is 0 Å². The van der Waals surface area contributed by atoms with Crippen LogP contribution in [0.3, 0.4) is 0 Å². The number of nitrogens with zero attached hydrogens (tertiary/aromatic N) is 1. The molecule has 0 radical (unpaired) electrons. The minimum Gasteiger partial charge on any atom is -0.330 e. The summed E-state index contributed by atoms with van der Waals surface area (Å²) in [6, 6.07) is 15.1. The molecular weight excluding hydrogens is 252 g/mol. The standard InChI is InChI=1S/C16H16N2S/c1-11-18-15-10-14(6-7-16(15)19-11)13-4-2-12(3-5-13)8-9-17/h2-7,10H,8-9,17H2,1H3. The maximum Gasteiger partial charge on any atom is 0.0907 e. The monoisotopic (exact) mass is 268 g/mol. The van der Waals surface area contributed by atoms with Crippen molar-refractivity contribution >= 4 is 21.6 Å². The van der Waals surface area contributed by atoms with E-state index in [1.54, 1.807) is 11.3 Å². The van der Waals surface area contributed by atoms with Crippen LogP contribution >= 0.6 is 11.3 Å². The van der Waals surface area contributed by atoms with E-state index >= 15 is 0 Å². The molecule has 0 amide bonds. The minimum atomic E-state index is 0.698. The van der Waals surface area contributed by atoms with E-state index in [9.17, 15) is 0 Å². The van der Waals surface area contributed by atoms with Gasteiger partial charge in [0.1, 0.15) is 0 Å². The third-order valence-electron chi connectivity index (χ3n) is 3.21. The van der Waals surface area contributed by atoms with Gasteiger partial charge in [0.25, 0.3) is 0 Å². The smallest absolute Gasteiger partial charge is 0.0907 e. The first kappa shape index (κ1) is 12.3. The molecule has 96 valence electrons. The summed E-state index contributed by atoms with van der Waals surface area (Å²) in [5.74, 6) is 0. The highest BCUT2D eigenvalue weighted by Crippen LogP contribution is 2.27. The zero-order chi connectivity index (χ0) is 13.2. The molecular formula is C16H16N2S. The fourth-order valence-corrected chi connectivity index (χ4v) is 3.06. The summed E-state index contributed by atoms with van der Waals surface area (Å²) in [5.41, 5.74) is 10.4. The molecule has 0 aliphatic carbocycles. The predicted molar refractivity (Wildman–Crippen MR) is 82.6 cm³/mol. The number of fused-ring (bicyclic) bond motifs is 1. The molecule has 0 bridgehead atoms. The Kier molecular flexibility index (Phi) is 3.32. The van der Waals surface area contributed by atoms with E-state index in [-0.39, 0.29) is 0 Å². The Hall–Kier alpha value is -1.71. The van der Waals surface area contributed by atoms with Crippen molar-refractivity contribution in [1.29, 1.82) is 0 Å². The molecule has 1 aromatic heterocycles. The summed E-state index contributed by atoms with van der Waals surface area (Å²) in [6.45, 7) is 2.75.